The minimum absolute atomic E-state index is 0. The third-order valence-corrected chi connectivity index (χ3v) is 12.9. The smallest absolute Gasteiger partial charge is 0.268 e. The van der Waals surface area contributed by atoms with Crippen LogP contribution in [-0.4, -0.2) is 18.7 Å². The van der Waals surface area contributed by atoms with E-state index in [0.29, 0.717) is 33.9 Å². The van der Waals surface area contributed by atoms with Crippen LogP contribution in [0.1, 0.15) is 40.0 Å². The maximum atomic E-state index is 9.19. The fourth-order valence-electron chi connectivity index (χ4n) is 9.68. The first kappa shape index (κ1) is 34.1. The van der Waals surface area contributed by atoms with Crippen molar-refractivity contribution in [2.45, 2.75) is 26.2 Å². The van der Waals surface area contributed by atoms with Gasteiger partial charge in [0, 0.05) is 55.1 Å². The molecule has 4 heterocycles. The summed E-state index contributed by atoms with van der Waals surface area (Å²) in [5.41, 5.74) is 6.95. The molecule has 344 valence electrons. The first-order chi connectivity index (χ1) is 38.5. The Morgan fingerprint density at radius 1 is 0.549 bits per heavy atom. The van der Waals surface area contributed by atoms with Crippen LogP contribution in [0.4, 0.5) is 0 Å². The summed E-state index contributed by atoms with van der Waals surface area (Å²) in [7, 11) is 0. The molecular weight excluding hydrogens is 1050 g/mol. The van der Waals surface area contributed by atoms with Crippen LogP contribution in [0.25, 0.3) is 99.8 Å². The predicted octanol–water partition coefficient (Wildman–Crippen LogP) is 15.3. The molecule has 0 unspecified atom stereocenters. The fraction of sp³-hybridized carbons (Fsp3) is 0.0625. The van der Waals surface area contributed by atoms with Gasteiger partial charge in [0.1, 0.15) is 5.82 Å². The number of nitrogens with zero attached hydrogens (tertiary/aromatic N) is 5. The number of aromatic nitrogens is 5. The molecule has 0 saturated carbocycles. The zero-order chi connectivity index (χ0) is 55.6. The van der Waals surface area contributed by atoms with Gasteiger partial charge in [0.05, 0.1) is 41.5 Å². The molecule has 0 saturated heterocycles. The summed E-state index contributed by atoms with van der Waals surface area (Å²) < 4.78 is 103. The van der Waals surface area contributed by atoms with Crippen LogP contribution in [0.15, 0.2) is 218 Å². The molecular formula is C64H45N5OPt-2. The van der Waals surface area contributed by atoms with Crippen molar-refractivity contribution in [3.8, 4) is 56.6 Å². The van der Waals surface area contributed by atoms with E-state index >= 15 is 0 Å². The van der Waals surface area contributed by atoms with Gasteiger partial charge >= 0.3 is 0 Å². The summed E-state index contributed by atoms with van der Waals surface area (Å²) in [5.74, 6) is 1.47. The largest absolute Gasteiger partial charge is 0.510 e. The molecule has 4 aromatic heterocycles. The monoisotopic (exact) mass is 1100 g/mol. The van der Waals surface area contributed by atoms with Gasteiger partial charge in [-0.2, -0.15) is 6.07 Å². The molecule has 0 aliphatic carbocycles. The van der Waals surface area contributed by atoms with Crippen molar-refractivity contribution in [2.75, 3.05) is 0 Å². The molecule has 71 heavy (non-hydrogen) atoms. The van der Waals surface area contributed by atoms with Crippen LogP contribution in [0.5, 0.6) is 11.5 Å². The number of fused-ring (bicyclic) bond motifs is 7. The van der Waals surface area contributed by atoms with E-state index in [1.807, 2.05) is 97.2 Å². The van der Waals surface area contributed by atoms with Crippen molar-refractivity contribution in [2.24, 2.45) is 0 Å². The van der Waals surface area contributed by atoms with Gasteiger partial charge in [-0.15, -0.1) is 35.7 Å². The van der Waals surface area contributed by atoms with Crippen LogP contribution in [0, 0.1) is 18.5 Å². The van der Waals surface area contributed by atoms with Gasteiger partial charge < -0.3 is 18.4 Å². The number of ether oxygens (including phenoxy) is 1. The van der Waals surface area contributed by atoms with Crippen molar-refractivity contribution in [3.05, 3.63) is 242 Å². The molecule has 0 N–H and O–H groups in total. The topological polar surface area (TPSA) is 40.8 Å². The summed E-state index contributed by atoms with van der Waals surface area (Å²) in [5, 5.41) is 4.07. The molecule has 7 heteroatoms. The van der Waals surface area contributed by atoms with E-state index in [1.54, 1.807) is 27.3 Å². The Morgan fingerprint density at radius 2 is 1.13 bits per heavy atom. The summed E-state index contributed by atoms with van der Waals surface area (Å²) in [4.78, 5) is 4.88. The van der Waals surface area contributed by atoms with Crippen molar-refractivity contribution in [3.63, 3.8) is 0 Å². The van der Waals surface area contributed by atoms with Crippen molar-refractivity contribution < 1.29 is 44.1 Å². The first-order valence-corrected chi connectivity index (χ1v) is 22.9. The van der Waals surface area contributed by atoms with Crippen LogP contribution in [0.3, 0.4) is 0 Å². The van der Waals surface area contributed by atoms with E-state index in [0.717, 1.165) is 55.0 Å². The van der Waals surface area contributed by atoms with Gasteiger partial charge in [-0.05, 0) is 74.6 Å². The fourth-order valence-corrected chi connectivity index (χ4v) is 9.68. The Hall–Kier alpha value is -8.31. The quantitative estimate of drug-likeness (QED) is 0.112. The Morgan fingerprint density at radius 3 is 1.76 bits per heavy atom. The second-order valence-corrected chi connectivity index (χ2v) is 18.1. The Bertz CT molecular complexity index is 4570. The maximum absolute atomic E-state index is 9.19. The number of imidazole rings is 1. The van der Waals surface area contributed by atoms with Crippen LogP contribution in [0.2, 0.25) is 0 Å². The maximum Gasteiger partial charge on any atom is 0.268 e. The van der Waals surface area contributed by atoms with Crippen LogP contribution in [-0.2, 0) is 26.5 Å². The third-order valence-electron chi connectivity index (χ3n) is 12.9. The molecule has 9 aromatic carbocycles. The minimum atomic E-state index is -0.581. The molecule has 0 radical (unpaired) electrons. The average Bonchev–Trinajstić information content (AvgIpc) is 4.28. The van der Waals surface area contributed by atoms with E-state index in [1.165, 1.54) is 0 Å². The second kappa shape index (κ2) is 17.6. The number of hydrogen-bond acceptors (Lipinski definition) is 2. The molecule has 0 fully saturated rings. The third kappa shape index (κ3) is 7.54. The Labute approximate surface area is 440 Å². The predicted molar refractivity (Wildman–Crippen MR) is 284 cm³/mol. The molecule has 13 aromatic rings. The molecule has 0 amide bonds. The molecule has 13 rings (SSSR count). The van der Waals surface area contributed by atoms with Crippen LogP contribution >= 0.6 is 0 Å². The standard InChI is InChI=1S/C64H45N5O.Pt/c1-64(2,3)45-35-36-65-62(37-45)69-58-30-15-12-25-54(58)55-34-33-48(41-61(55)69)70-49-39-46(38-47(40-49)68-56-28-13-10-23-52(56)53-24-11-14-29-57(53)68)66-42-67(60-32-17-16-31-59(60)66)63-50(43-19-6-4-7-20-43)26-18-27-51(63)44-21-8-5-9-22-44;/h4-38,40H,1-3H3;/q-2;/i4D,5D,6D,7D,8D,9D,19D,20D,21D,22D;. The summed E-state index contributed by atoms with van der Waals surface area (Å²) in [6, 6.07) is 50.5. The number of para-hydroxylation sites is 6. The van der Waals surface area contributed by atoms with E-state index in [9.17, 15) is 5.48 Å². The molecule has 6 nitrogen and oxygen atoms in total. The second-order valence-electron chi connectivity index (χ2n) is 18.1. The van der Waals surface area contributed by atoms with Gasteiger partial charge in [0.15, 0.2) is 0 Å². The van der Waals surface area contributed by atoms with Gasteiger partial charge in [0.2, 0.25) is 0 Å². The van der Waals surface area contributed by atoms with Crippen molar-refractivity contribution >= 4 is 54.6 Å². The molecule has 0 atom stereocenters. The normalized spacial score (nSPS) is 13.7. The van der Waals surface area contributed by atoms with Gasteiger partial charge in [-0.25, -0.2) is 4.98 Å². The zero-order valence-corrected chi connectivity index (χ0v) is 40.7. The van der Waals surface area contributed by atoms with Crippen molar-refractivity contribution in [1.82, 2.24) is 18.7 Å². The number of benzene rings is 9. The summed E-state index contributed by atoms with van der Waals surface area (Å²) >= 11 is 0. The van der Waals surface area contributed by atoms with E-state index < -0.39 is 60.4 Å². The Kier molecular flexibility index (Phi) is 8.43. The van der Waals surface area contributed by atoms with E-state index in [2.05, 4.69) is 90.8 Å². The van der Waals surface area contributed by atoms with E-state index in [4.69, 9.17) is 17.9 Å². The average molecular weight is 1110 g/mol. The number of pyridine rings is 1. The number of rotatable bonds is 8. The Balaban J connectivity index is 0.00000651. The molecule has 0 aliphatic rings. The first-order valence-electron chi connectivity index (χ1n) is 27.9. The van der Waals surface area contributed by atoms with Crippen LogP contribution < -0.4 is 9.30 Å². The zero-order valence-electron chi connectivity index (χ0n) is 48.5. The summed E-state index contributed by atoms with van der Waals surface area (Å²) in [6.45, 7) is 6.52. The summed E-state index contributed by atoms with van der Waals surface area (Å²) in [6.07, 6.45) is 5.37. The molecule has 0 bridgehead atoms. The van der Waals surface area contributed by atoms with Gasteiger partial charge in [0.25, 0.3) is 6.33 Å². The molecule has 0 aliphatic heterocycles. The SMILES string of the molecule is [2H]c1c([2H])c([2H])c(-c2cccc(-c3c([2H])c([2H])c([2H])c([2H])c3[2H])c2-[n+]2[c-]n(-c3[c-]c(Oc4[c-]c5c(cc4)c4ccccc4n5-c4cc(C(C)(C)C)ccn4)cc(-n4c5ccccc5c5ccccc54)c3)c3ccccc32)c([2H])c1[2H].[Pt]. The van der Waals surface area contributed by atoms with Gasteiger partial charge in [-0.1, -0.05) is 189 Å². The van der Waals surface area contributed by atoms with Gasteiger partial charge in [-0.3, -0.25) is 4.57 Å². The minimum Gasteiger partial charge on any atom is -0.510 e. The van der Waals surface area contributed by atoms with E-state index in [-0.39, 0.29) is 54.4 Å². The van der Waals surface area contributed by atoms with Crippen molar-refractivity contribution in [1.29, 1.82) is 0 Å². The number of hydrogen-bond donors (Lipinski definition) is 0. The molecule has 0 spiro atoms.